The van der Waals surface area contributed by atoms with Gasteiger partial charge in [0.25, 0.3) is 0 Å². The van der Waals surface area contributed by atoms with Crippen molar-refractivity contribution in [3.05, 3.63) is 29.8 Å². The summed E-state index contributed by atoms with van der Waals surface area (Å²) in [5.41, 5.74) is 0.862. The lowest BCUT2D eigenvalue weighted by Gasteiger charge is -2.28. The Morgan fingerprint density at radius 2 is 1.63 bits per heavy atom. The van der Waals surface area contributed by atoms with E-state index < -0.39 is 15.4 Å². The third-order valence-electron chi connectivity index (χ3n) is 3.94. The molecule has 0 saturated carbocycles. The molecule has 0 atom stereocenters. The predicted octanol–water partition coefficient (Wildman–Crippen LogP) is 3.13. The lowest BCUT2D eigenvalue weighted by Crippen LogP contribution is -2.37. The normalized spacial score (nSPS) is 12.5. The molecule has 1 amide bonds. The topological polar surface area (TPSA) is 66.9 Å². The van der Waals surface area contributed by atoms with Crippen molar-refractivity contribution in [3.8, 4) is 5.75 Å². The lowest BCUT2D eigenvalue weighted by atomic mass is 9.91. The summed E-state index contributed by atoms with van der Waals surface area (Å²) in [5.74, 6) is 0.403. The van der Waals surface area contributed by atoms with Crippen molar-refractivity contribution in [1.29, 1.82) is 0 Å². The van der Waals surface area contributed by atoms with E-state index in [-0.39, 0.29) is 17.1 Å². The van der Waals surface area contributed by atoms with E-state index in [2.05, 4.69) is 20.8 Å². The van der Waals surface area contributed by atoms with Crippen molar-refractivity contribution >= 4 is 16.0 Å². The molecule has 6 nitrogen and oxygen atoms in total. The highest BCUT2D eigenvalue weighted by Gasteiger charge is 2.22. The monoisotopic (exact) mass is 398 g/mol. The molecule has 0 aliphatic carbocycles. The number of carbonyl (C=O) groups excluding carboxylic acids is 1. The Hall–Kier alpha value is -1.60. The number of amides is 1. The third kappa shape index (κ3) is 8.75. The molecule has 1 rings (SSSR count). The maximum Gasteiger partial charge on any atom is 0.311 e. The highest BCUT2D eigenvalue weighted by Crippen LogP contribution is 2.22. The molecule has 0 aliphatic heterocycles. The van der Waals surface area contributed by atoms with Crippen LogP contribution in [0.5, 0.6) is 5.75 Å². The first-order valence-electron chi connectivity index (χ1n) is 9.25. The number of hydrogen-bond donors (Lipinski definition) is 0. The third-order valence-corrected chi connectivity index (χ3v) is 5.52. The Morgan fingerprint density at radius 3 is 2.07 bits per heavy atom. The molecule has 1 aromatic rings. The largest absolute Gasteiger partial charge is 0.382 e. The van der Waals surface area contributed by atoms with Crippen LogP contribution in [0.2, 0.25) is 0 Å². The van der Waals surface area contributed by atoms with Gasteiger partial charge in [0, 0.05) is 26.1 Å². The summed E-state index contributed by atoms with van der Waals surface area (Å²) in [4.78, 5) is 16.6. The van der Waals surface area contributed by atoms with Gasteiger partial charge in [0.05, 0.1) is 5.25 Å². The molecule has 0 aliphatic rings. The van der Waals surface area contributed by atoms with Gasteiger partial charge in [-0.15, -0.1) is 0 Å². The minimum atomic E-state index is -3.61. The van der Waals surface area contributed by atoms with Crippen LogP contribution in [0.15, 0.2) is 24.3 Å². The van der Waals surface area contributed by atoms with Crippen molar-refractivity contribution in [2.45, 2.75) is 52.8 Å². The second-order valence-corrected chi connectivity index (χ2v) is 10.7. The van der Waals surface area contributed by atoms with Crippen molar-refractivity contribution in [1.82, 2.24) is 9.80 Å². The highest BCUT2D eigenvalue weighted by molar-refractivity contribution is 7.87. The smallest absolute Gasteiger partial charge is 0.311 e. The van der Waals surface area contributed by atoms with Crippen LogP contribution in [0.1, 0.15) is 46.6 Å². The van der Waals surface area contributed by atoms with Crippen LogP contribution in [0.25, 0.3) is 0 Å². The zero-order valence-corrected chi connectivity index (χ0v) is 18.5. The van der Waals surface area contributed by atoms with Gasteiger partial charge in [-0.2, -0.15) is 8.42 Å². The summed E-state index contributed by atoms with van der Waals surface area (Å²) in [6, 6.07) is 6.87. The number of nitrogens with zero attached hydrogens (tertiary/aromatic N) is 2. The molecule has 0 N–H and O–H groups in total. The van der Waals surface area contributed by atoms with Gasteiger partial charge in [-0.25, -0.2) is 0 Å². The summed E-state index contributed by atoms with van der Waals surface area (Å²) in [6.45, 7) is 11.2. The molecule has 0 spiro atoms. The van der Waals surface area contributed by atoms with Gasteiger partial charge in [-0.05, 0) is 51.1 Å². The first-order chi connectivity index (χ1) is 12.3. The zero-order chi connectivity index (χ0) is 20.8. The number of rotatable bonds is 9. The Labute approximate surface area is 164 Å². The fourth-order valence-electron chi connectivity index (χ4n) is 2.28. The Morgan fingerprint density at radius 1 is 1.07 bits per heavy atom. The zero-order valence-electron chi connectivity index (χ0n) is 17.7. The van der Waals surface area contributed by atoms with Crippen molar-refractivity contribution in [2.75, 3.05) is 27.2 Å². The molecule has 0 aromatic heterocycles. The summed E-state index contributed by atoms with van der Waals surface area (Å²) >= 11 is 0. The molecule has 0 unspecified atom stereocenters. The molecular weight excluding hydrogens is 364 g/mol. The molecule has 0 saturated heterocycles. The Balaban J connectivity index is 2.86. The van der Waals surface area contributed by atoms with Crippen molar-refractivity contribution in [2.24, 2.45) is 5.41 Å². The first kappa shape index (κ1) is 23.4. The maximum atomic E-state index is 12.7. The van der Waals surface area contributed by atoms with Gasteiger partial charge in [0.15, 0.2) is 0 Å². The molecule has 0 fully saturated rings. The Kier molecular flexibility index (Phi) is 8.29. The van der Waals surface area contributed by atoms with E-state index in [4.69, 9.17) is 4.18 Å². The molecular formula is C20H34N2O4S. The number of likely N-dealkylation sites (N-methyl/N-ethyl adjacent to an activating group) is 1. The van der Waals surface area contributed by atoms with Crippen LogP contribution in [0.4, 0.5) is 0 Å². The van der Waals surface area contributed by atoms with E-state index in [1.807, 2.05) is 23.9 Å². The van der Waals surface area contributed by atoms with Crippen molar-refractivity contribution in [3.63, 3.8) is 0 Å². The summed E-state index contributed by atoms with van der Waals surface area (Å²) in [6.07, 6.45) is 0.480. The van der Waals surface area contributed by atoms with Crippen LogP contribution < -0.4 is 4.18 Å². The molecule has 7 heteroatoms. The standard InChI is InChI=1S/C20H34N2O4S/c1-16(2)27(24,25)26-18-10-8-17(9-11-18)15-22(13-12-21(6)7)19(23)14-20(3,4)5/h8-11,16H,12-15H2,1-7H3. The SMILES string of the molecule is CC(C)S(=O)(=O)Oc1ccc(CN(CCN(C)C)C(=O)CC(C)(C)C)cc1. The van der Waals surface area contributed by atoms with E-state index in [1.165, 1.54) is 0 Å². The van der Waals surface area contributed by atoms with E-state index in [9.17, 15) is 13.2 Å². The second-order valence-electron chi connectivity index (χ2n) is 8.62. The van der Waals surface area contributed by atoms with E-state index >= 15 is 0 Å². The van der Waals surface area contributed by atoms with E-state index in [0.717, 1.165) is 12.1 Å². The van der Waals surface area contributed by atoms with Gasteiger partial charge in [0.2, 0.25) is 5.91 Å². The van der Waals surface area contributed by atoms with Crippen LogP contribution in [-0.4, -0.2) is 56.6 Å². The molecule has 27 heavy (non-hydrogen) atoms. The van der Waals surface area contributed by atoms with Crippen LogP contribution >= 0.6 is 0 Å². The average molecular weight is 399 g/mol. The average Bonchev–Trinajstić information content (AvgIpc) is 2.50. The second kappa shape index (κ2) is 9.55. The quantitative estimate of drug-likeness (QED) is 0.598. The van der Waals surface area contributed by atoms with Gasteiger partial charge in [-0.1, -0.05) is 32.9 Å². The number of hydrogen-bond acceptors (Lipinski definition) is 5. The summed E-state index contributed by atoms with van der Waals surface area (Å²) < 4.78 is 28.8. The summed E-state index contributed by atoms with van der Waals surface area (Å²) in [7, 11) is 0.351. The molecule has 0 radical (unpaired) electrons. The van der Waals surface area contributed by atoms with Crippen molar-refractivity contribution < 1.29 is 17.4 Å². The minimum Gasteiger partial charge on any atom is -0.382 e. The van der Waals surface area contributed by atoms with Crippen LogP contribution in [0, 0.1) is 5.41 Å². The molecule has 154 valence electrons. The maximum absolute atomic E-state index is 12.7. The number of benzene rings is 1. The van der Waals surface area contributed by atoms with E-state index in [1.54, 1.807) is 38.1 Å². The van der Waals surface area contributed by atoms with Gasteiger partial charge in [-0.3, -0.25) is 4.79 Å². The summed E-state index contributed by atoms with van der Waals surface area (Å²) in [5, 5.41) is -0.603. The molecule has 0 heterocycles. The van der Waals surface area contributed by atoms with E-state index in [0.29, 0.717) is 19.5 Å². The fraction of sp³-hybridized carbons (Fsp3) is 0.650. The Bertz CT molecular complexity index is 704. The van der Waals surface area contributed by atoms with Crippen LogP contribution in [0.3, 0.4) is 0 Å². The first-order valence-corrected chi connectivity index (χ1v) is 10.7. The van der Waals surface area contributed by atoms with Gasteiger partial charge in [0.1, 0.15) is 5.75 Å². The lowest BCUT2D eigenvalue weighted by molar-refractivity contribution is -0.133. The van der Waals surface area contributed by atoms with Gasteiger partial charge < -0.3 is 14.0 Å². The molecule has 0 bridgehead atoms. The highest BCUT2D eigenvalue weighted by atomic mass is 32.2. The minimum absolute atomic E-state index is 0.0731. The number of carbonyl (C=O) groups is 1. The fourth-order valence-corrected chi connectivity index (χ4v) is 2.85. The van der Waals surface area contributed by atoms with Gasteiger partial charge >= 0.3 is 10.1 Å². The van der Waals surface area contributed by atoms with Crippen LogP contribution in [-0.2, 0) is 21.5 Å². The predicted molar refractivity (Wildman–Crippen MR) is 109 cm³/mol. The molecule has 1 aromatic carbocycles.